The second kappa shape index (κ2) is 12.2. The zero-order chi connectivity index (χ0) is 28.2. The van der Waals surface area contributed by atoms with Gasteiger partial charge in [-0.3, -0.25) is 4.57 Å². The molecule has 1 saturated carbocycles. The number of benzene rings is 2. The van der Waals surface area contributed by atoms with Crippen molar-refractivity contribution in [1.82, 2.24) is 4.98 Å². The van der Waals surface area contributed by atoms with Gasteiger partial charge in [-0.15, -0.1) is 0 Å². The molecule has 4 rings (SSSR count). The van der Waals surface area contributed by atoms with E-state index in [0.29, 0.717) is 36.7 Å². The van der Waals surface area contributed by atoms with Crippen LogP contribution in [0.1, 0.15) is 63.1 Å². The van der Waals surface area contributed by atoms with E-state index in [-0.39, 0.29) is 17.2 Å². The van der Waals surface area contributed by atoms with Gasteiger partial charge in [-0.25, -0.2) is 9.37 Å². The fourth-order valence-electron chi connectivity index (χ4n) is 5.16. The van der Waals surface area contributed by atoms with E-state index in [1.165, 1.54) is 13.3 Å². The summed E-state index contributed by atoms with van der Waals surface area (Å²) in [7, 11) is -1.12. The average molecular weight is 554 g/mol. The Morgan fingerprint density at radius 2 is 1.87 bits per heavy atom. The molecular weight excluding hydrogens is 512 g/mol. The largest absolute Gasteiger partial charge is 0.489 e. The first kappa shape index (κ1) is 29.3. The summed E-state index contributed by atoms with van der Waals surface area (Å²) >= 11 is 0. The summed E-state index contributed by atoms with van der Waals surface area (Å²) in [4.78, 5) is 3.99. The van der Waals surface area contributed by atoms with Crippen molar-refractivity contribution in [1.29, 1.82) is 0 Å². The van der Waals surface area contributed by atoms with Gasteiger partial charge < -0.3 is 14.0 Å². The molecule has 0 spiro atoms. The second-order valence-electron chi connectivity index (χ2n) is 11.9. The lowest BCUT2D eigenvalue weighted by atomic mass is 9.84. The van der Waals surface area contributed by atoms with Crippen molar-refractivity contribution >= 4 is 7.37 Å². The topological polar surface area (TPSA) is 57.7 Å². The molecule has 0 bridgehead atoms. The number of halogens is 1. The molecule has 39 heavy (non-hydrogen) atoms. The number of hydrogen-bond donors (Lipinski definition) is 0. The van der Waals surface area contributed by atoms with Gasteiger partial charge >= 0.3 is 0 Å². The Hall–Kier alpha value is -2.69. The molecule has 0 amide bonds. The molecule has 1 aliphatic carbocycles. The van der Waals surface area contributed by atoms with Crippen LogP contribution < -0.4 is 9.47 Å². The van der Waals surface area contributed by atoms with Crippen molar-refractivity contribution < 1.29 is 23.0 Å². The third-order valence-corrected chi connectivity index (χ3v) is 8.89. The Morgan fingerprint density at radius 3 is 2.54 bits per heavy atom. The Kier molecular flexibility index (Phi) is 9.18. The minimum Gasteiger partial charge on any atom is -0.489 e. The molecule has 210 valence electrons. The molecule has 2 atom stereocenters. The van der Waals surface area contributed by atoms with Crippen molar-refractivity contribution in [3.8, 4) is 22.8 Å². The Balaban J connectivity index is 1.56. The Morgan fingerprint density at radius 1 is 1.10 bits per heavy atom. The van der Waals surface area contributed by atoms with Crippen molar-refractivity contribution in [2.45, 2.75) is 59.5 Å². The van der Waals surface area contributed by atoms with Gasteiger partial charge in [0.25, 0.3) is 0 Å². The predicted molar refractivity (Wildman–Crippen MR) is 156 cm³/mol. The first-order valence-electron chi connectivity index (χ1n) is 13.7. The van der Waals surface area contributed by atoms with Gasteiger partial charge in [-0.2, -0.15) is 0 Å². The van der Waals surface area contributed by atoms with Crippen LogP contribution in [0, 0.1) is 17.2 Å². The molecular formula is C32H41FNO4P. The number of aromatic nitrogens is 1. The van der Waals surface area contributed by atoms with Crippen LogP contribution >= 0.6 is 7.37 Å². The lowest BCUT2D eigenvalue weighted by Crippen LogP contribution is -2.11. The van der Waals surface area contributed by atoms with Gasteiger partial charge in [0.15, 0.2) is 0 Å². The molecule has 0 N–H and O–H groups in total. The predicted octanol–water partition coefficient (Wildman–Crippen LogP) is 8.50. The molecule has 2 unspecified atom stereocenters. The van der Waals surface area contributed by atoms with Crippen LogP contribution in [0.5, 0.6) is 11.6 Å². The summed E-state index contributed by atoms with van der Waals surface area (Å²) in [5, 5.41) is 0. The summed E-state index contributed by atoms with van der Waals surface area (Å²) < 4.78 is 44.9. The highest BCUT2D eigenvalue weighted by molar-refractivity contribution is 7.58. The number of methoxy groups -OCH3 is 1. The van der Waals surface area contributed by atoms with E-state index < -0.39 is 7.37 Å². The van der Waals surface area contributed by atoms with Crippen LogP contribution in [0.15, 0.2) is 54.7 Å². The molecule has 7 heteroatoms. The SMILES string of the molecule is CCOP(C)(=O)CC(c1cccc(OCc2ccc(-c3cc(OC)ncc3F)c(CC(C)(C)C)c2)c1)C1CC1. The smallest absolute Gasteiger partial charge is 0.213 e. The number of rotatable bonds is 12. The maximum Gasteiger partial charge on any atom is 0.213 e. The lowest BCUT2D eigenvalue weighted by molar-refractivity contribution is 0.305. The third kappa shape index (κ3) is 8.16. The maximum absolute atomic E-state index is 14.8. The van der Waals surface area contributed by atoms with Crippen molar-refractivity contribution in [2.24, 2.45) is 11.3 Å². The van der Waals surface area contributed by atoms with Gasteiger partial charge in [-0.05, 0) is 77.8 Å². The van der Waals surface area contributed by atoms with E-state index in [9.17, 15) is 8.96 Å². The molecule has 1 fully saturated rings. The standard InChI is InChI=1S/C32H41FNO4P/c1-7-38-39(6,35)21-29(23-12-13-23)24-9-8-10-26(16-24)37-20-22-11-14-27(25(15-22)18-32(2,3)4)28-17-31(36-5)34-19-30(28)33/h8-11,14-17,19,23,29H,7,12-13,18,20-21H2,1-6H3. The van der Waals surface area contributed by atoms with E-state index in [4.69, 9.17) is 14.0 Å². The first-order valence-corrected chi connectivity index (χ1v) is 16.0. The summed E-state index contributed by atoms with van der Waals surface area (Å²) in [6.07, 6.45) is 4.86. The van der Waals surface area contributed by atoms with Gasteiger partial charge in [0.2, 0.25) is 13.2 Å². The fraction of sp³-hybridized carbons (Fsp3) is 0.469. The van der Waals surface area contributed by atoms with Crippen molar-refractivity contribution in [3.05, 3.63) is 77.2 Å². The summed E-state index contributed by atoms with van der Waals surface area (Å²) in [6, 6.07) is 15.9. The highest BCUT2D eigenvalue weighted by Crippen LogP contribution is 2.53. The highest BCUT2D eigenvalue weighted by atomic mass is 31.2. The van der Waals surface area contributed by atoms with Gasteiger partial charge in [0, 0.05) is 24.5 Å². The molecule has 0 radical (unpaired) electrons. The highest BCUT2D eigenvalue weighted by Gasteiger charge is 2.36. The van der Waals surface area contributed by atoms with Gasteiger partial charge in [0.05, 0.1) is 19.9 Å². The summed E-state index contributed by atoms with van der Waals surface area (Å²) in [5.41, 5.74) is 4.54. The Labute approximate surface area is 232 Å². The fourth-order valence-corrected chi connectivity index (χ4v) is 7.04. The van der Waals surface area contributed by atoms with Crippen LogP contribution in [0.2, 0.25) is 0 Å². The van der Waals surface area contributed by atoms with Crippen LogP contribution in [-0.4, -0.2) is 31.5 Å². The molecule has 0 aliphatic heterocycles. The monoisotopic (exact) mass is 553 g/mol. The normalized spacial score (nSPS) is 16.0. The zero-order valence-corrected chi connectivity index (χ0v) is 24.9. The molecule has 1 heterocycles. The number of ether oxygens (including phenoxy) is 2. The van der Waals surface area contributed by atoms with E-state index in [0.717, 1.165) is 47.3 Å². The minimum atomic E-state index is -2.65. The van der Waals surface area contributed by atoms with Crippen LogP contribution in [0.25, 0.3) is 11.1 Å². The zero-order valence-electron chi connectivity index (χ0n) is 24.0. The maximum atomic E-state index is 14.8. The van der Waals surface area contributed by atoms with E-state index >= 15 is 0 Å². The molecule has 1 aromatic heterocycles. The molecule has 1 aliphatic rings. The van der Waals surface area contributed by atoms with E-state index in [1.807, 2.05) is 31.2 Å². The number of hydrogen-bond acceptors (Lipinski definition) is 5. The molecule has 0 saturated heterocycles. The number of nitrogens with zero attached hydrogens (tertiary/aromatic N) is 1. The minimum absolute atomic E-state index is 0.00812. The number of pyridine rings is 1. The van der Waals surface area contributed by atoms with Crippen LogP contribution in [-0.2, 0) is 22.1 Å². The molecule has 5 nitrogen and oxygen atoms in total. The molecule has 2 aromatic carbocycles. The summed E-state index contributed by atoms with van der Waals surface area (Å²) in [5.74, 6) is 1.55. The average Bonchev–Trinajstić information content (AvgIpc) is 3.71. The van der Waals surface area contributed by atoms with Crippen LogP contribution in [0.3, 0.4) is 0 Å². The van der Waals surface area contributed by atoms with E-state index in [2.05, 4.69) is 44.0 Å². The molecule has 3 aromatic rings. The lowest BCUT2D eigenvalue weighted by Gasteiger charge is -2.22. The van der Waals surface area contributed by atoms with Gasteiger partial charge in [0.1, 0.15) is 18.2 Å². The van der Waals surface area contributed by atoms with Crippen molar-refractivity contribution in [3.63, 3.8) is 0 Å². The van der Waals surface area contributed by atoms with Crippen LogP contribution in [0.4, 0.5) is 4.39 Å². The quantitative estimate of drug-likeness (QED) is 0.211. The van der Waals surface area contributed by atoms with E-state index in [1.54, 1.807) is 12.7 Å². The third-order valence-electron chi connectivity index (χ3n) is 7.03. The second-order valence-corrected chi connectivity index (χ2v) is 14.5. The summed E-state index contributed by atoms with van der Waals surface area (Å²) in [6.45, 7) is 11.0. The van der Waals surface area contributed by atoms with Crippen molar-refractivity contribution in [2.75, 3.05) is 26.5 Å². The van der Waals surface area contributed by atoms with Gasteiger partial charge in [-0.1, -0.05) is 51.1 Å². The first-order chi connectivity index (χ1) is 18.5. The Bertz CT molecular complexity index is 1330.